The van der Waals surface area contributed by atoms with Crippen LogP contribution in [-0.4, -0.2) is 23.1 Å². The van der Waals surface area contributed by atoms with Gasteiger partial charge in [0.25, 0.3) is 0 Å². The molecule has 0 spiro atoms. The van der Waals surface area contributed by atoms with Gasteiger partial charge in [-0.1, -0.05) is 19.1 Å². The van der Waals surface area contributed by atoms with Gasteiger partial charge in [-0.05, 0) is 42.9 Å². The summed E-state index contributed by atoms with van der Waals surface area (Å²) < 4.78 is 27.3. The van der Waals surface area contributed by atoms with Gasteiger partial charge in [0.2, 0.25) is 0 Å². The van der Waals surface area contributed by atoms with Crippen molar-refractivity contribution in [3.63, 3.8) is 0 Å². The van der Waals surface area contributed by atoms with E-state index in [1.807, 2.05) is 24.0 Å². The smallest absolute Gasteiger partial charge is 0.187 e. The van der Waals surface area contributed by atoms with Crippen molar-refractivity contribution >= 4 is 5.82 Å². The quantitative estimate of drug-likeness (QED) is 0.865. The maximum atomic E-state index is 14.3. The minimum absolute atomic E-state index is 0.212. The van der Waals surface area contributed by atoms with Gasteiger partial charge in [0.05, 0.1) is 5.69 Å². The van der Waals surface area contributed by atoms with E-state index in [2.05, 4.69) is 9.97 Å². The number of benzene rings is 1. The second-order valence-electron chi connectivity index (χ2n) is 5.62. The maximum Gasteiger partial charge on any atom is 0.187 e. The van der Waals surface area contributed by atoms with Crippen LogP contribution in [0.1, 0.15) is 36.9 Å². The number of aryl methyl sites for hydroxylation is 1. The summed E-state index contributed by atoms with van der Waals surface area (Å²) >= 11 is 0. The van der Waals surface area contributed by atoms with Crippen LogP contribution in [0.25, 0.3) is 0 Å². The van der Waals surface area contributed by atoms with Gasteiger partial charge < -0.3 is 4.90 Å². The molecule has 2 heterocycles. The predicted molar refractivity (Wildman–Crippen MR) is 82.0 cm³/mol. The highest BCUT2D eigenvalue weighted by Crippen LogP contribution is 2.31. The summed E-state index contributed by atoms with van der Waals surface area (Å²) in [5, 5.41) is 0. The first-order valence-electron chi connectivity index (χ1n) is 7.68. The molecular formula is C17H19F2N3. The Kier molecular flexibility index (Phi) is 4.32. The Balaban J connectivity index is 1.70. The summed E-state index contributed by atoms with van der Waals surface area (Å²) in [7, 11) is 0. The molecule has 5 heteroatoms. The fourth-order valence-corrected chi connectivity index (χ4v) is 3.02. The van der Waals surface area contributed by atoms with E-state index in [-0.39, 0.29) is 11.6 Å². The Morgan fingerprint density at radius 1 is 1.09 bits per heavy atom. The van der Waals surface area contributed by atoms with Crippen molar-refractivity contribution in [1.29, 1.82) is 0 Å². The number of nitrogens with zero attached hydrogens (tertiary/aromatic N) is 3. The topological polar surface area (TPSA) is 29.0 Å². The molecular weight excluding hydrogens is 284 g/mol. The molecule has 1 aromatic carbocycles. The van der Waals surface area contributed by atoms with Crippen molar-refractivity contribution < 1.29 is 8.78 Å². The van der Waals surface area contributed by atoms with Gasteiger partial charge in [0.15, 0.2) is 11.6 Å². The zero-order valence-corrected chi connectivity index (χ0v) is 12.6. The van der Waals surface area contributed by atoms with Gasteiger partial charge in [0, 0.05) is 13.1 Å². The Bertz CT molecular complexity index is 635. The van der Waals surface area contributed by atoms with Crippen LogP contribution in [0, 0.1) is 11.6 Å². The van der Waals surface area contributed by atoms with E-state index < -0.39 is 0 Å². The molecule has 1 aromatic heterocycles. The monoisotopic (exact) mass is 303 g/mol. The summed E-state index contributed by atoms with van der Waals surface area (Å²) in [5.41, 5.74) is 1.61. The molecule has 22 heavy (non-hydrogen) atoms. The highest BCUT2D eigenvalue weighted by Gasteiger charge is 2.24. The molecule has 0 saturated carbocycles. The van der Waals surface area contributed by atoms with Crippen molar-refractivity contribution in [2.45, 2.75) is 32.1 Å². The second-order valence-corrected chi connectivity index (χ2v) is 5.62. The van der Waals surface area contributed by atoms with Crippen LogP contribution in [0.3, 0.4) is 0 Å². The van der Waals surface area contributed by atoms with Crippen molar-refractivity contribution in [3.8, 4) is 0 Å². The number of piperidine rings is 1. The Morgan fingerprint density at radius 3 is 2.41 bits per heavy atom. The third-order valence-electron chi connectivity index (χ3n) is 4.31. The average molecular weight is 303 g/mol. The Morgan fingerprint density at radius 2 is 1.77 bits per heavy atom. The Hall–Kier alpha value is -2.04. The van der Waals surface area contributed by atoms with E-state index in [1.165, 1.54) is 18.5 Å². The highest BCUT2D eigenvalue weighted by molar-refractivity contribution is 5.42. The first kappa shape index (κ1) is 14.9. The number of halogens is 2. The molecule has 116 valence electrons. The van der Waals surface area contributed by atoms with E-state index >= 15 is 0 Å². The van der Waals surface area contributed by atoms with E-state index in [4.69, 9.17) is 0 Å². The number of hydrogen-bond donors (Lipinski definition) is 0. The lowest BCUT2D eigenvalue weighted by atomic mass is 9.89. The molecule has 2 aromatic rings. The van der Waals surface area contributed by atoms with Crippen molar-refractivity contribution in [2.75, 3.05) is 18.0 Å². The zero-order chi connectivity index (χ0) is 15.5. The third kappa shape index (κ3) is 2.93. The molecule has 0 amide bonds. The van der Waals surface area contributed by atoms with Crippen LogP contribution >= 0.6 is 0 Å². The number of rotatable bonds is 3. The van der Waals surface area contributed by atoms with E-state index in [1.54, 1.807) is 0 Å². The average Bonchev–Trinajstić information content (AvgIpc) is 2.56. The van der Waals surface area contributed by atoms with Gasteiger partial charge in [-0.15, -0.1) is 0 Å². The summed E-state index contributed by atoms with van der Waals surface area (Å²) in [6, 6.07) is 6.69. The van der Waals surface area contributed by atoms with Crippen LogP contribution in [0.2, 0.25) is 0 Å². The highest BCUT2D eigenvalue weighted by atomic mass is 19.1. The maximum absolute atomic E-state index is 14.3. The molecule has 3 nitrogen and oxygen atoms in total. The fourth-order valence-electron chi connectivity index (χ4n) is 3.02. The Labute approximate surface area is 129 Å². The SMILES string of the molecule is CCc1ncnc(N2CCC(c3ccc(F)cc3)CC2)c1F. The van der Waals surface area contributed by atoms with Crippen molar-refractivity contribution in [2.24, 2.45) is 0 Å². The van der Waals surface area contributed by atoms with Crippen LogP contribution in [0.15, 0.2) is 30.6 Å². The van der Waals surface area contributed by atoms with Crippen LogP contribution in [0.4, 0.5) is 14.6 Å². The zero-order valence-electron chi connectivity index (χ0n) is 12.6. The van der Waals surface area contributed by atoms with Gasteiger partial charge in [0.1, 0.15) is 12.1 Å². The second kappa shape index (κ2) is 6.38. The summed E-state index contributed by atoms with van der Waals surface area (Å²) in [6.07, 6.45) is 3.82. The largest absolute Gasteiger partial charge is 0.354 e. The molecule has 1 fully saturated rings. The van der Waals surface area contributed by atoms with Gasteiger partial charge in [-0.25, -0.2) is 18.7 Å². The van der Waals surface area contributed by atoms with Gasteiger partial charge >= 0.3 is 0 Å². The minimum Gasteiger partial charge on any atom is -0.354 e. The molecule has 0 N–H and O–H groups in total. The van der Waals surface area contributed by atoms with E-state index in [9.17, 15) is 8.78 Å². The number of aromatic nitrogens is 2. The molecule has 0 radical (unpaired) electrons. The first-order chi connectivity index (χ1) is 10.7. The number of hydrogen-bond acceptors (Lipinski definition) is 3. The lowest BCUT2D eigenvalue weighted by Crippen LogP contribution is -2.34. The van der Waals surface area contributed by atoms with Crippen LogP contribution in [0.5, 0.6) is 0 Å². The van der Waals surface area contributed by atoms with Crippen molar-refractivity contribution in [3.05, 3.63) is 53.5 Å². The molecule has 0 bridgehead atoms. The van der Waals surface area contributed by atoms with Gasteiger partial charge in [-0.2, -0.15) is 0 Å². The number of anilines is 1. The normalized spacial score (nSPS) is 16.0. The lowest BCUT2D eigenvalue weighted by Gasteiger charge is -2.33. The summed E-state index contributed by atoms with van der Waals surface area (Å²) in [5.74, 6) is 0.290. The van der Waals surface area contributed by atoms with E-state index in [0.717, 1.165) is 31.5 Å². The van der Waals surface area contributed by atoms with E-state index in [0.29, 0.717) is 23.9 Å². The fraction of sp³-hybridized carbons (Fsp3) is 0.412. The first-order valence-corrected chi connectivity index (χ1v) is 7.68. The molecule has 1 saturated heterocycles. The van der Waals surface area contributed by atoms with Crippen molar-refractivity contribution in [1.82, 2.24) is 9.97 Å². The molecule has 0 aliphatic carbocycles. The van der Waals surface area contributed by atoms with Crippen LogP contribution in [-0.2, 0) is 6.42 Å². The lowest BCUT2D eigenvalue weighted by molar-refractivity contribution is 0.489. The third-order valence-corrected chi connectivity index (χ3v) is 4.31. The summed E-state index contributed by atoms with van der Waals surface area (Å²) in [6.45, 7) is 3.38. The molecule has 0 atom stereocenters. The molecule has 1 aliphatic heterocycles. The molecule has 3 rings (SSSR count). The predicted octanol–water partition coefficient (Wildman–Crippen LogP) is 3.70. The minimum atomic E-state index is -0.301. The van der Waals surface area contributed by atoms with Crippen LogP contribution < -0.4 is 4.90 Å². The molecule has 0 unspecified atom stereocenters. The molecule has 1 aliphatic rings. The van der Waals surface area contributed by atoms with Gasteiger partial charge in [-0.3, -0.25) is 0 Å². The standard InChI is InChI=1S/C17H19F2N3/c1-2-15-16(19)17(21-11-20-15)22-9-7-13(8-10-22)12-3-5-14(18)6-4-12/h3-6,11,13H,2,7-10H2,1H3. The summed E-state index contributed by atoms with van der Waals surface area (Å²) in [4.78, 5) is 10.1.